The van der Waals surface area contributed by atoms with Crippen LogP contribution in [0.1, 0.15) is 21.5 Å². The van der Waals surface area contributed by atoms with Gasteiger partial charge in [0.2, 0.25) is 0 Å². The zero-order chi connectivity index (χ0) is 19.7. The van der Waals surface area contributed by atoms with Gasteiger partial charge in [0, 0.05) is 24.7 Å². The third-order valence-corrected chi connectivity index (χ3v) is 4.68. The molecule has 140 valence electrons. The normalized spacial score (nSPS) is 12.6. The number of amides is 3. The highest BCUT2D eigenvalue weighted by Crippen LogP contribution is 2.32. The lowest BCUT2D eigenvalue weighted by atomic mass is 9.97. The molecule has 1 aliphatic heterocycles. The molecule has 0 spiro atoms. The van der Waals surface area contributed by atoms with Crippen molar-refractivity contribution in [1.82, 2.24) is 10.2 Å². The zero-order valence-corrected chi connectivity index (χ0v) is 14.8. The van der Waals surface area contributed by atoms with Gasteiger partial charge in [-0.05, 0) is 34.4 Å². The molecule has 1 N–H and O–H groups in total. The highest BCUT2D eigenvalue weighted by Gasteiger charge is 2.24. The van der Waals surface area contributed by atoms with E-state index in [1.807, 2.05) is 48.5 Å². The Morgan fingerprint density at radius 1 is 0.786 bits per heavy atom. The molecule has 0 fully saturated rings. The molecule has 3 aromatic rings. The van der Waals surface area contributed by atoms with Gasteiger partial charge >= 0.3 is 6.03 Å². The van der Waals surface area contributed by atoms with Crippen molar-refractivity contribution in [3.05, 3.63) is 95.1 Å². The van der Waals surface area contributed by atoms with Crippen molar-refractivity contribution in [2.45, 2.75) is 13.1 Å². The maximum absolute atomic E-state index is 13.3. The molecule has 3 amide bonds. The molecule has 1 heterocycles. The summed E-state index contributed by atoms with van der Waals surface area (Å²) in [6.07, 6.45) is 0. The van der Waals surface area contributed by atoms with Gasteiger partial charge in [-0.2, -0.15) is 0 Å². The van der Waals surface area contributed by atoms with Gasteiger partial charge in [-0.15, -0.1) is 0 Å². The summed E-state index contributed by atoms with van der Waals surface area (Å²) < 4.78 is 26.7. The van der Waals surface area contributed by atoms with Gasteiger partial charge in [-0.25, -0.2) is 13.6 Å². The smallest absolute Gasteiger partial charge is 0.316 e. The van der Waals surface area contributed by atoms with E-state index in [0.717, 1.165) is 34.4 Å². The molecule has 0 atom stereocenters. The van der Waals surface area contributed by atoms with E-state index >= 15 is 0 Å². The monoisotopic (exact) mass is 378 g/mol. The second-order valence-corrected chi connectivity index (χ2v) is 6.59. The molecule has 3 aromatic carbocycles. The van der Waals surface area contributed by atoms with Gasteiger partial charge < -0.3 is 4.90 Å². The van der Waals surface area contributed by atoms with Crippen molar-refractivity contribution in [3.63, 3.8) is 0 Å². The van der Waals surface area contributed by atoms with Gasteiger partial charge in [0.1, 0.15) is 11.6 Å². The Hall–Kier alpha value is -3.54. The lowest BCUT2D eigenvalue weighted by Gasteiger charge is -2.21. The van der Waals surface area contributed by atoms with Crippen LogP contribution in [-0.2, 0) is 13.1 Å². The summed E-state index contributed by atoms with van der Waals surface area (Å²) in [5.41, 5.74) is 3.72. The SMILES string of the molecule is O=C(NC(=O)N1Cc2ccccc2-c2ccccc2C1)c1cc(F)cc(F)c1. The number of hydrogen-bond donors (Lipinski definition) is 1. The maximum Gasteiger partial charge on any atom is 0.324 e. The van der Waals surface area contributed by atoms with Crippen LogP contribution < -0.4 is 5.32 Å². The molecule has 0 aliphatic carbocycles. The lowest BCUT2D eigenvalue weighted by molar-refractivity contribution is 0.0948. The summed E-state index contributed by atoms with van der Waals surface area (Å²) in [5, 5.41) is 2.22. The van der Waals surface area contributed by atoms with Crippen LogP contribution in [0.2, 0.25) is 0 Å². The van der Waals surface area contributed by atoms with Gasteiger partial charge in [0.15, 0.2) is 0 Å². The third-order valence-electron chi connectivity index (χ3n) is 4.68. The standard InChI is InChI=1S/C22H16F2N2O2/c23-17-9-16(10-18(24)11-17)21(27)25-22(28)26-12-14-5-1-3-7-19(14)20-8-4-2-6-15(20)13-26/h1-11H,12-13H2,(H,25,27,28). The Balaban J connectivity index is 1.61. The first-order chi connectivity index (χ1) is 13.5. The van der Waals surface area contributed by atoms with Crippen molar-refractivity contribution >= 4 is 11.9 Å². The van der Waals surface area contributed by atoms with Crippen LogP contribution in [0.3, 0.4) is 0 Å². The highest BCUT2D eigenvalue weighted by atomic mass is 19.1. The zero-order valence-electron chi connectivity index (χ0n) is 14.8. The summed E-state index contributed by atoms with van der Waals surface area (Å²) in [4.78, 5) is 26.5. The van der Waals surface area contributed by atoms with Gasteiger partial charge in [-0.1, -0.05) is 48.5 Å². The summed E-state index contributed by atoms with van der Waals surface area (Å²) in [6, 6.07) is 17.3. The first-order valence-electron chi connectivity index (χ1n) is 8.74. The number of nitrogens with one attached hydrogen (secondary N) is 1. The van der Waals surface area contributed by atoms with Crippen LogP contribution in [0.4, 0.5) is 13.6 Å². The minimum Gasteiger partial charge on any atom is -0.316 e. The van der Waals surface area contributed by atoms with Gasteiger partial charge in [-0.3, -0.25) is 10.1 Å². The average molecular weight is 378 g/mol. The van der Waals surface area contributed by atoms with Crippen LogP contribution in [-0.4, -0.2) is 16.8 Å². The Bertz CT molecular complexity index is 1010. The second-order valence-electron chi connectivity index (χ2n) is 6.59. The van der Waals surface area contributed by atoms with Crippen molar-refractivity contribution in [2.75, 3.05) is 0 Å². The Morgan fingerprint density at radius 3 is 1.82 bits per heavy atom. The minimum absolute atomic E-state index is 0.249. The molecule has 0 saturated heterocycles. The predicted molar refractivity (Wildman–Crippen MR) is 100 cm³/mol. The van der Waals surface area contributed by atoms with Crippen LogP contribution >= 0.6 is 0 Å². The van der Waals surface area contributed by atoms with Crippen molar-refractivity contribution in [1.29, 1.82) is 0 Å². The van der Waals surface area contributed by atoms with E-state index in [4.69, 9.17) is 0 Å². The molecular formula is C22H16F2N2O2. The predicted octanol–water partition coefficient (Wildman–Crippen LogP) is 4.50. The Morgan fingerprint density at radius 2 is 1.29 bits per heavy atom. The van der Waals surface area contributed by atoms with E-state index in [-0.39, 0.29) is 5.56 Å². The highest BCUT2D eigenvalue weighted by molar-refractivity contribution is 6.04. The molecular weight excluding hydrogens is 362 g/mol. The maximum atomic E-state index is 13.3. The summed E-state index contributed by atoms with van der Waals surface area (Å²) in [7, 11) is 0. The second kappa shape index (κ2) is 7.23. The van der Waals surface area contributed by atoms with Crippen molar-refractivity contribution in [2.24, 2.45) is 0 Å². The molecule has 28 heavy (non-hydrogen) atoms. The first-order valence-corrected chi connectivity index (χ1v) is 8.74. The van der Waals surface area contributed by atoms with E-state index in [1.54, 1.807) is 0 Å². The number of halogens is 2. The number of carbonyl (C=O) groups excluding carboxylic acids is 2. The molecule has 0 saturated carbocycles. The van der Waals surface area contributed by atoms with Crippen LogP contribution in [0.25, 0.3) is 11.1 Å². The van der Waals surface area contributed by atoms with E-state index in [9.17, 15) is 18.4 Å². The lowest BCUT2D eigenvalue weighted by Crippen LogP contribution is -2.41. The molecule has 4 nitrogen and oxygen atoms in total. The fourth-order valence-electron chi connectivity index (χ4n) is 3.39. The van der Waals surface area contributed by atoms with E-state index < -0.39 is 23.6 Å². The topological polar surface area (TPSA) is 49.4 Å². The van der Waals surface area contributed by atoms with E-state index in [2.05, 4.69) is 5.32 Å². The molecule has 0 radical (unpaired) electrons. The number of nitrogens with zero attached hydrogens (tertiary/aromatic N) is 1. The van der Waals surface area contributed by atoms with Gasteiger partial charge in [0.25, 0.3) is 5.91 Å². The van der Waals surface area contributed by atoms with Crippen LogP contribution in [0.15, 0.2) is 66.7 Å². The van der Waals surface area contributed by atoms with Crippen LogP contribution in [0, 0.1) is 11.6 Å². The largest absolute Gasteiger partial charge is 0.324 e. The number of hydrogen-bond acceptors (Lipinski definition) is 2. The minimum atomic E-state index is -0.879. The molecule has 0 aromatic heterocycles. The molecule has 0 bridgehead atoms. The molecule has 0 unspecified atom stereocenters. The van der Waals surface area contributed by atoms with Crippen LogP contribution in [0.5, 0.6) is 0 Å². The van der Waals surface area contributed by atoms with E-state index in [1.165, 1.54) is 4.90 Å². The number of urea groups is 1. The number of fused-ring (bicyclic) bond motifs is 3. The molecule has 6 heteroatoms. The summed E-state index contributed by atoms with van der Waals surface area (Å²) >= 11 is 0. The Labute approximate surface area is 160 Å². The molecule has 1 aliphatic rings. The quantitative estimate of drug-likeness (QED) is 0.678. The number of rotatable bonds is 1. The fourth-order valence-corrected chi connectivity index (χ4v) is 3.39. The van der Waals surface area contributed by atoms with Crippen molar-refractivity contribution < 1.29 is 18.4 Å². The molecule has 4 rings (SSSR count). The first kappa shape index (κ1) is 17.9. The van der Waals surface area contributed by atoms with E-state index in [0.29, 0.717) is 19.2 Å². The van der Waals surface area contributed by atoms with Crippen molar-refractivity contribution in [3.8, 4) is 11.1 Å². The fraction of sp³-hybridized carbons (Fsp3) is 0.0909. The number of benzene rings is 3. The third kappa shape index (κ3) is 3.49. The van der Waals surface area contributed by atoms with Gasteiger partial charge in [0.05, 0.1) is 0 Å². The Kier molecular flexibility index (Phi) is 4.61. The summed E-state index contributed by atoms with van der Waals surface area (Å²) in [5.74, 6) is -2.61. The number of carbonyl (C=O) groups is 2. The number of imide groups is 1. The summed E-state index contributed by atoms with van der Waals surface area (Å²) in [6.45, 7) is 0.614. The average Bonchev–Trinajstić information content (AvgIpc) is 2.84.